The number of halogens is 1. The number of carbonyl (C=O) groups is 2. The third-order valence-electron chi connectivity index (χ3n) is 5.24. The molecule has 164 valence electrons. The first-order valence-corrected chi connectivity index (χ1v) is 10.5. The Balaban J connectivity index is 1.94. The van der Waals surface area contributed by atoms with Crippen molar-refractivity contribution in [2.45, 2.75) is 13.0 Å². The van der Waals surface area contributed by atoms with Crippen molar-refractivity contribution in [2.24, 2.45) is 0 Å². The fraction of sp³-hybridized carbons (Fsp3) is 0.167. The van der Waals surface area contributed by atoms with Crippen molar-refractivity contribution in [2.75, 3.05) is 19.1 Å². The Morgan fingerprint density at radius 3 is 2.34 bits per heavy atom. The van der Waals surface area contributed by atoms with Gasteiger partial charge in [0, 0.05) is 16.2 Å². The first-order valence-electron chi connectivity index (χ1n) is 9.71. The van der Waals surface area contributed by atoms with Gasteiger partial charge in [0.25, 0.3) is 11.7 Å². The quantitative estimate of drug-likeness (QED) is 0.303. The van der Waals surface area contributed by atoms with Crippen LogP contribution in [0.3, 0.4) is 0 Å². The summed E-state index contributed by atoms with van der Waals surface area (Å²) in [4.78, 5) is 27.6. The molecule has 0 aliphatic carbocycles. The number of aliphatic hydroxyl groups is 1. The molecule has 1 aliphatic heterocycles. The Labute approximate surface area is 193 Å². The summed E-state index contributed by atoms with van der Waals surface area (Å²) < 4.78 is 17.2. The molecule has 1 atom stereocenters. The number of methoxy groups -OCH3 is 2. The minimum atomic E-state index is -0.948. The Hall–Kier alpha value is -3.52. The van der Waals surface area contributed by atoms with E-state index < -0.39 is 17.7 Å². The zero-order chi connectivity index (χ0) is 23.0. The van der Waals surface area contributed by atoms with Gasteiger partial charge in [-0.2, -0.15) is 0 Å². The molecule has 1 amide bonds. The average Bonchev–Trinajstić information content (AvgIpc) is 3.34. The van der Waals surface area contributed by atoms with Gasteiger partial charge in [-0.1, -0.05) is 15.9 Å². The van der Waals surface area contributed by atoms with Gasteiger partial charge in [-0.3, -0.25) is 14.5 Å². The summed E-state index contributed by atoms with van der Waals surface area (Å²) in [5, 5.41) is 11.2. The highest BCUT2D eigenvalue weighted by Gasteiger charge is 2.48. The first-order chi connectivity index (χ1) is 15.3. The Bertz CT molecular complexity index is 1230. The fourth-order valence-electron chi connectivity index (χ4n) is 3.71. The molecule has 3 aromatic rings. The fourth-order valence-corrected chi connectivity index (χ4v) is 3.97. The number of anilines is 1. The second kappa shape index (κ2) is 8.55. The van der Waals surface area contributed by atoms with Crippen molar-refractivity contribution in [3.8, 4) is 11.5 Å². The molecule has 1 N–H and O–H groups in total. The second-order valence-electron chi connectivity index (χ2n) is 7.16. The summed E-state index contributed by atoms with van der Waals surface area (Å²) in [6.07, 6.45) is 0. The van der Waals surface area contributed by atoms with Crippen molar-refractivity contribution in [3.63, 3.8) is 0 Å². The summed E-state index contributed by atoms with van der Waals surface area (Å²) >= 11 is 3.38. The number of rotatable bonds is 5. The molecule has 32 heavy (non-hydrogen) atoms. The standard InChI is InChI=1S/C24H20BrNO6/c1-13-4-11-18(32-13)21-20(22(27)17-10-9-16(30-2)12-19(17)31-3)23(28)24(29)26(21)15-7-5-14(25)6-8-15/h4-12,21,27H,1-3H3/b22-20-. The molecule has 7 nitrogen and oxygen atoms in total. The van der Waals surface area contributed by atoms with Crippen molar-refractivity contribution >= 4 is 39.1 Å². The van der Waals surface area contributed by atoms with Crippen LogP contribution in [-0.2, 0) is 9.59 Å². The highest BCUT2D eigenvalue weighted by molar-refractivity contribution is 9.10. The molecule has 2 heterocycles. The topological polar surface area (TPSA) is 89.2 Å². The molecule has 0 spiro atoms. The van der Waals surface area contributed by atoms with Crippen LogP contribution in [0.1, 0.15) is 23.1 Å². The Morgan fingerprint density at radius 2 is 1.75 bits per heavy atom. The van der Waals surface area contributed by atoms with E-state index in [9.17, 15) is 14.7 Å². The number of benzene rings is 2. The van der Waals surface area contributed by atoms with Crippen molar-refractivity contribution in [1.82, 2.24) is 0 Å². The van der Waals surface area contributed by atoms with Crippen LogP contribution < -0.4 is 14.4 Å². The molecule has 1 aromatic heterocycles. The SMILES string of the molecule is COc1ccc(/C(O)=C2/C(=O)C(=O)N(c3ccc(Br)cc3)C2c2ccc(C)o2)c(OC)c1. The number of Topliss-reactive ketones (excluding diaryl/α,β-unsaturated/α-hetero) is 1. The lowest BCUT2D eigenvalue weighted by Crippen LogP contribution is -2.29. The summed E-state index contributed by atoms with van der Waals surface area (Å²) in [6, 6.07) is 14.2. The maximum absolute atomic E-state index is 13.2. The third-order valence-corrected chi connectivity index (χ3v) is 5.77. The number of hydrogen-bond donors (Lipinski definition) is 1. The van der Waals surface area contributed by atoms with Crippen LogP contribution in [0.25, 0.3) is 5.76 Å². The van der Waals surface area contributed by atoms with Gasteiger partial charge in [-0.25, -0.2) is 0 Å². The van der Waals surface area contributed by atoms with Crippen LogP contribution >= 0.6 is 15.9 Å². The number of carbonyl (C=O) groups excluding carboxylic acids is 2. The van der Waals surface area contributed by atoms with Gasteiger partial charge in [-0.15, -0.1) is 0 Å². The highest BCUT2D eigenvalue weighted by Crippen LogP contribution is 2.44. The van der Waals surface area contributed by atoms with Gasteiger partial charge in [0.2, 0.25) is 0 Å². The molecular formula is C24H20BrNO6. The van der Waals surface area contributed by atoms with E-state index in [2.05, 4.69) is 15.9 Å². The summed E-state index contributed by atoms with van der Waals surface area (Å²) in [6.45, 7) is 1.77. The lowest BCUT2D eigenvalue weighted by Gasteiger charge is -2.23. The Kier molecular flexibility index (Phi) is 5.80. The van der Waals surface area contributed by atoms with E-state index >= 15 is 0 Å². The number of ketones is 1. The van der Waals surface area contributed by atoms with Crippen molar-refractivity contribution < 1.29 is 28.6 Å². The minimum Gasteiger partial charge on any atom is -0.507 e. The number of ether oxygens (including phenoxy) is 2. The van der Waals surface area contributed by atoms with E-state index in [1.807, 2.05) is 0 Å². The lowest BCUT2D eigenvalue weighted by molar-refractivity contribution is -0.132. The number of aryl methyl sites for hydroxylation is 1. The van der Waals surface area contributed by atoms with Crippen LogP contribution in [0.2, 0.25) is 0 Å². The molecule has 1 saturated heterocycles. The maximum Gasteiger partial charge on any atom is 0.300 e. The van der Waals surface area contributed by atoms with E-state index in [1.165, 1.54) is 19.1 Å². The molecule has 1 fully saturated rings. The summed E-state index contributed by atoms with van der Waals surface area (Å²) in [5.74, 6) is -0.149. The van der Waals surface area contributed by atoms with Gasteiger partial charge in [0.15, 0.2) is 0 Å². The van der Waals surface area contributed by atoms with Gasteiger partial charge in [0.05, 0.1) is 25.4 Å². The minimum absolute atomic E-state index is 0.0873. The maximum atomic E-state index is 13.2. The van der Waals surface area contributed by atoms with Crippen LogP contribution in [0.5, 0.6) is 11.5 Å². The first kappa shape index (κ1) is 21.7. The molecule has 1 aliphatic rings. The van der Waals surface area contributed by atoms with E-state index in [1.54, 1.807) is 61.5 Å². The third kappa shape index (κ3) is 3.67. The Morgan fingerprint density at radius 1 is 1.03 bits per heavy atom. The molecule has 2 aromatic carbocycles. The van der Waals surface area contributed by atoms with Crippen molar-refractivity contribution in [1.29, 1.82) is 0 Å². The van der Waals surface area contributed by atoms with E-state index in [0.29, 0.717) is 28.7 Å². The zero-order valence-electron chi connectivity index (χ0n) is 17.6. The normalized spacial score (nSPS) is 17.6. The smallest absolute Gasteiger partial charge is 0.300 e. The molecular weight excluding hydrogens is 478 g/mol. The molecule has 0 saturated carbocycles. The van der Waals surface area contributed by atoms with Crippen LogP contribution in [0.15, 0.2) is 69.1 Å². The highest BCUT2D eigenvalue weighted by atomic mass is 79.9. The number of aliphatic hydroxyl groups excluding tert-OH is 1. The van der Waals surface area contributed by atoms with Crippen LogP contribution in [0, 0.1) is 6.92 Å². The predicted octanol–water partition coefficient (Wildman–Crippen LogP) is 4.99. The van der Waals surface area contributed by atoms with Gasteiger partial charge >= 0.3 is 0 Å². The number of hydrogen-bond acceptors (Lipinski definition) is 6. The average molecular weight is 498 g/mol. The van der Waals surface area contributed by atoms with Gasteiger partial charge in [0.1, 0.15) is 34.8 Å². The molecule has 8 heteroatoms. The van der Waals surface area contributed by atoms with Crippen LogP contribution in [-0.4, -0.2) is 31.0 Å². The molecule has 0 radical (unpaired) electrons. The number of furan rings is 1. The largest absolute Gasteiger partial charge is 0.507 e. The van der Waals surface area contributed by atoms with E-state index in [0.717, 1.165) is 4.47 Å². The number of nitrogens with zero attached hydrogens (tertiary/aromatic N) is 1. The van der Waals surface area contributed by atoms with Crippen molar-refractivity contribution in [3.05, 3.63) is 81.7 Å². The monoisotopic (exact) mass is 497 g/mol. The summed E-state index contributed by atoms with van der Waals surface area (Å²) in [7, 11) is 2.96. The predicted molar refractivity (Wildman–Crippen MR) is 122 cm³/mol. The van der Waals surface area contributed by atoms with Gasteiger partial charge in [-0.05, 0) is 55.5 Å². The number of amides is 1. The molecule has 4 rings (SSSR count). The lowest BCUT2D eigenvalue weighted by atomic mass is 9.98. The zero-order valence-corrected chi connectivity index (χ0v) is 19.2. The molecule has 1 unspecified atom stereocenters. The van der Waals surface area contributed by atoms with Gasteiger partial charge < -0.3 is 19.0 Å². The van der Waals surface area contributed by atoms with E-state index in [4.69, 9.17) is 13.9 Å². The van der Waals surface area contributed by atoms with E-state index in [-0.39, 0.29) is 16.9 Å². The summed E-state index contributed by atoms with van der Waals surface area (Å²) in [5.41, 5.74) is 0.668. The molecule has 0 bridgehead atoms. The second-order valence-corrected chi connectivity index (χ2v) is 8.08. The van der Waals surface area contributed by atoms with Crippen LogP contribution in [0.4, 0.5) is 5.69 Å².